The van der Waals surface area contributed by atoms with E-state index < -0.39 is 11.9 Å². The van der Waals surface area contributed by atoms with Crippen molar-refractivity contribution in [2.24, 2.45) is 11.7 Å². The van der Waals surface area contributed by atoms with Crippen LogP contribution >= 0.6 is 0 Å². The molecule has 1 aliphatic heterocycles. The van der Waals surface area contributed by atoms with Gasteiger partial charge in [-0.05, 0) is 49.4 Å². The molecule has 0 radical (unpaired) electrons. The first-order valence-corrected chi connectivity index (χ1v) is 7.38. The summed E-state index contributed by atoms with van der Waals surface area (Å²) in [6.45, 7) is 1.27. The Hall–Kier alpha value is -2.37. The zero-order valence-corrected chi connectivity index (χ0v) is 12.3. The summed E-state index contributed by atoms with van der Waals surface area (Å²) in [7, 11) is 0. The van der Waals surface area contributed by atoms with Gasteiger partial charge in [-0.2, -0.15) is 0 Å². The van der Waals surface area contributed by atoms with Crippen LogP contribution in [0.15, 0.2) is 24.3 Å². The van der Waals surface area contributed by atoms with Crippen LogP contribution in [0.4, 0.5) is 0 Å². The Morgan fingerprint density at radius 3 is 2.41 bits per heavy atom. The maximum atomic E-state index is 12.5. The number of aliphatic carboxylic acids is 1. The lowest BCUT2D eigenvalue weighted by atomic mass is 9.93. The predicted octanol–water partition coefficient (Wildman–Crippen LogP) is 1.50. The standard InChI is InChI=1S/C16H20N2O4/c17-15(21)12-4-6-13(7-5-12)16(22)18-9-1-2-11(10-18)3-8-14(19)20/h4-7,11H,1-3,8-10H2,(H2,17,21)(H,19,20)/t11-/m1/s1. The Bertz CT molecular complexity index is 568. The molecule has 0 spiro atoms. The summed E-state index contributed by atoms with van der Waals surface area (Å²) >= 11 is 0. The summed E-state index contributed by atoms with van der Waals surface area (Å²) in [5.74, 6) is -1.18. The van der Waals surface area contributed by atoms with Gasteiger partial charge in [-0.15, -0.1) is 0 Å². The summed E-state index contributed by atoms with van der Waals surface area (Å²) < 4.78 is 0. The van der Waals surface area contributed by atoms with Crippen LogP contribution in [-0.4, -0.2) is 40.9 Å². The van der Waals surface area contributed by atoms with Crippen molar-refractivity contribution in [1.29, 1.82) is 0 Å². The van der Waals surface area contributed by atoms with Gasteiger partial charge in [0.2, 0.25) is 5.91 Å². The first-order valence-electron chi connectivity index (χ1n) is 7.38. The second kappa shape index (κ2) is 7.06. The van der Waals surface area contributed by atoms with Gasteiger partial charge in [0, 0.05) is 30.6 Å². The SMILES string of the molecule is NC(=O)c1ccc(C(=O)N2CCC[C@H](CCC(=O)O)C2)cc1. The molecule has 6 heteroatoms. The molecule has 1 fully saturated rings. The van der Waals surface area contributed by atoms with Gasteiger partial charge >= 0.3 is 5.97 Å². The Morgan fingerprint density at radius 2 is 1.82 bits per heavy atom. The fourth-order valence-electron chi connectivity index (χ4n) is 2.77. The minimum Gasteiger partial charge on any atom is -0.481 e. The summed E-state index contributed by atoms with van der Waals surface area (Å²) in [4.78, 5) is 35.9. The summed E-state index contributed by atoms with van der Waals surface area (Å²) in [5, 5.41) is 8.75. The molecule has 22 heavy (non-hydrogen) atoms. The smallest absolute Gasteiger partial charge is 0.303 e. The van der Waals surface area contributed by atoms with Crippen LogP contribution in [0.2, 0.25) is 0 Å². The van der Waals surface area contributed by atoms with Gasteiger partial charge in [0.05, 0.1) is 0 Å². The molecule has 1 aromatic rings. The van der Waals surface area contributed by atoms with E-state index in [-0.39, 0.29) is 18.2 Å². The van der Waals surface area contributed by atoms with Crippen LogP contribution in [0.3, 0.4) is 0 Å². The van der Waals surface area contributed by atoms with E-state index in [0.717, 1.165) is 12.8 Å². The maximum Gasteiger partial charge on any atom is 0.303 e. The molecule has 0 aliphatic carbocycles. The number of likely N-dealkylation sites (tertiary alicyclic amines) is 1. The highest BCUT2D eigenvalue weighted by Gasteiger charge is 2.24. The number of nitrogens with two attached hydrogens (primary N) is 1. The first kappa shape index (κ1) is 16.0. The normalized spacial score (nSPS) is 18.0. The number of amides is 2. The molecule has 1 atom stereocenters. The number of primary amides is 1. The van der Waals surface area contributed by atoms with Crippen molar-refractivity contribution in [3.8, 4) is 0 Å². The summed E-state index contributed by atoms with van der Waals surface area (Å²) in [5.41, 5.74) is 6.06. The lowest BCUT2D eigenvalue weighted by molar-refractivity contribution is -0.137. The summed E-state index contributed by atoms with van der Waals surface area (Å²) in [6.07, 6.45) is 2.58. The van der Waals surface area contributed by atoms with E-state index in [0.29, 0.717) is 30.6 Å². The number of benzene rings is 1. The largest absolute Gasteiger partial charge is 0.481 e. The van der Waals surface area contributed by atoms with Gasteiger partial charge in [0.1, 0.15) is 0 Å². The molecule has 118 valence electrons. The number of rotatable bonds is 5. The van der Waals surface area contributed by atoms with Gasteiger partial charge in [-0.25, -0.2) is 0 Å². The highest BCUT2D eigenvalue weighted by atomic mass is 16.4. The predicted molar refractivity (Wildman–Crippen MR) is 80.5 cm³/mol. The molecule has 6 nitrogen and oxygen atoms in total. The van der Waals surface area contributed by atoms with E-state index in [1.807, 2.05) is 0 Å². The Labute approximate surface area is 128 Å². The van der Waals surface area contributed by atoms with Gasteiger partial charge < -0.3 is 15.7 Å². The minimum atomic E-state index is -0.800. The fourth-order valence-corrected chi connectivity index (χ4v) is 2.77. The minimum absolute atomic E-state index is 0.0870. The van der Waals surface area contributed by atoms with E-state index in [9.17, 15) is 14.4 Å². The number of carboxylic acids is 1. The molecule has 2 amide bonds. The zero-order valence-electron chi connectivity index (χ0n) is 12.3. The zero-order chi connectivity index (χ0) is 16.1. The third kappa shape index (κ3) is 4.07. The Balaban J connectivity index is 1.99. The second-order valence-electron chi connectivity index (χ2n) is 5.63. The molecule has 2 rings (SSSR count). The molecule has 1 heterocycles. The number of hydrogen-bond acceptors (Lipinski definition) is 3. The molecule has 1 saturated heterocycles. The van der Waals surface area contributed by atoms with Gasteiger partial charge in [0.25, 0.3) is 5.91 Å². The van der Waals surface area contributed by atoms with Crippen LogP contribution in [0.1, 0.15) is 46.4 Å². The molecule has 0 bridgehead atoms. The Kier molecular flexibility index (Phi) is 5.14. The van der Waals surface area contributed by atoms with E-state index in [1.54, 1.807) is 29.2 Å². The lowest BCUT2D eigenvalue weighted by Crippen LogP contribution is -2.40. The number of carboxylic acid groups (broad SMARTS) is 1. The molecule has 0 saturated carbocycles. The average Bonchev–Trinajstić information content (AvgIpc) is 2.52. The van der Waals surface area contributed by atoms with Crippen molar-refractivity contribution < 1.29 is 19.5 Å². The third-order valence-electron chi connectivity index (χ3n) is 3.99. The molecule has 0 aromatic heterocycles. The van der Waals surface area contributed by atoms with E-state index in [1.165, 1.54) is 0 Å². The highest BCUT2D eigenvalue weighted by Crippen LogP contribution is 2.22. The number of carbonyl (C=O) groups is 3. The number of hydrogen-bond donors (Lipinski definition) is 2. The van der Waals surface area contributed by atoms with Crippen molar-refractivity contribution >= 4 is 17.8 Å². The van der Waals surface area contributed by atoms with Crippen molar-refractivity contribution in [2.45, 2.75) is 25.7 Å². The van der Waals surface area contributed by atoms with Crippen molar-refractivity contribution in [3.63, 3.8) is 0 Å². The topological polar surface area (TPSA) is 101 Å². The maximum absolute atomic E-state index is 12.5. The molecule has 3 N–H and O–H groups in total. The van der Waals surface area contributed by atoms with Gasteiger partial charge in [-0.3, -0.25) is 14.4 Å². The monoisotopic (exact) mass is 304 g/mol. The van der Waals surface area contributed by atoms with Crippen LogP contribution in [0.25, 0.3) is 0 Å². The van der Waals surface area contributed by atoms with Crippen LogP contribution in [0.5, 0.6) is 0 Å². The van der Waals surface area contributed by atoms with E-state index >= 15 is 0 Å². The average molecular weight is 304 g/mol. The van der Waals surface area contributed by atoms with Gasteiger partial charge in [-0.1, -0.05) is 0 Å². The highest BCUT2D eigenvalue weighted by molar-refractivity contribution is 5.97. The van der Waals surface area contributed by atoms with E-state index in [2.05, 4.69) is 0 Å². The van der Waals surface area contributed by atoms with Crippen LogP contribution in [0, 0.1) is 5.92 Å². The number of piperidine rings is 1. The second-order valence-corrected chi connectivity index (χ2v) is 5.63. The lowest BCUT2D eigenvalue weighted by Gasteiger charge is -2.32. The van der Waals surface area contributed by atoms with Crippen molar-refractivity contribution in [3.05, 3.63) is 35.4 Å². The van der Waals surface area contributed by atoms with Crippen LogP contribution in [-0.2, 0) is 4.79 Å². The number of nitrogens with zero attached hydrogens (tertiary/aromatic N) is 1. The first-order chi connectivity index (χ1) is 10.5. The molecule has 1 aromatic carbocycles. The quantitative estimate of drug-likeness (QED) is 0.860. The Morgan fingerprint density at radius 1 is 1.18 bits per heavy atom. The molecular weight excluding hydrogens is 284 g/mol. The van der Waals surface area contributed by atoms with Crippen molar-refractivity contribution in [1.82, 2.24) is 4.90 Å². The fraction of sp³-hybridized carbons (Fsp3) is 0.438. The van der Waals surface area contributed by atoms with E-state index in [4.69, 9.17) is 10.8 Å². The molecular formula is C16H20N2O4. The number of carbonyl (C=O) groups excluding carboxylic acids is 2. The molecule has 0 unspecified atom stereocenters. The third-order valence-corrected chi connectivity index (χ3v) is 3.99. The van der Waals surface area contributed by atoms with Gasteiger partial charge in [0.15, 0.2) is 0 Å². The van der Waals surface area contributed by atoms with Crippen molar-refractivity contribution in [2.75, 3.05) is 13.1 Å². The molecule has 1 aliphatic rings. The summed E-state index contributed by atoms with van der Waals surface area (Å²) in [6, 6.07) is 6.29. The van der Waals surface area contributed by atoms with Crippen LogP contribution < -0.4 is 5.73 Å².